The molecule has 0 fully saturated rings. The largest absolute Gasteiger partial charge is 0.481 e. The topological polar surface area (TPSA) is 102 Å². The van der Waals surface area contributed by atoms with Gasteiger partial charge in [-0.15, -0.1) is 11.3 Å². The number of nitrogens with zero attached hydrogens (tertiary/aromatic N) is 2. The van der Waals surface area contributed by atoms with Crippen LogP contribution in [0.15, 0.2) is 83.3 Å². The molecule has 8 nitrogen and oxygen atoms in total. The van der Waals surface area contributed by atoms with Crippen molar-refractivity contribution in [3.8, 4) is 38.9 Å². The molecule has 11 heteroatoms. The summed E-state index contributed by atoms with van der Waals surface area (Å²) < 4.78 is 53.3. The van der Waals surface area contributed by atoms with Crippen LogP contribution in [0.25, 0.3) is 54.1 Å². The molecule has 6 aromatic rings. The van der Waals surface area contributed by atoms with Crippen molar-refractivity contribution in [2.45, 2.75) is 0 Å². The van der Waals surface area contributed by atoms with Gasteiger partial charge in [-0.1, -0.05) is 18.2 Å². The van der Waals surface area contributed by atoms with Gasteiger partial charge in [-0.25, -0.2) is 17.8 Å². The number of anilines is 1. The average molecular weight is 616 g/mol. The molecule has 1 N–H and O–H groups in total. The van der Waals surface area contributed by atoms with Gasteiger partial charge in [0.2, 0.25) is 15.9 Å². The molecule has 1 amide bonds. The number of furan rings is 1. The average Bonchev–Trinajstić information content (AvgIpc) is 3.61. The second-order valence-electron chi connectivity index (χ2n) is 9.92. The first-order valence-corrected chi connectivity index (χ1v) is 15.8. The summed E-state index contributed by atoms with van der Waals surface area (Å²) in [5.41, 5.74) is 3.14. The third-order valence-corrected chi connectivity index (χ3v) is 9.53. The zero-order valence-electron chi connectivity index (χ0n) is 23.6. The number of hydrogen-bond donors (Lipinski definition) is 1. The number of pyridine rings is 1. The first kappa shape index (κ1) is 28.4. The van der Waals surface area contributed by atoms with Gasteiger partial charge in [0, 0.05) is 47.4 Å². The van der Waals surface area contributed by atoms with Crippen LogP contribution in [-0.2, 0) is 10.0 Å². The third-order valence-electron chi connectivity index (χ3n) is 7.20. The smallest absolute Gasteiger partial charge is 0.255 e. The van der Waals surface area contributed by atoms with Gasteiger partial charge >= 0.3 is 0 Å². The fourth-order valence-corrected chi connectivity index (χ4v) is 6.49. The van der Waals surface area contributed by atoms with E-state index in [0.717, 1.165) is 25.5 Å². The summed E-state index contributed by atoms with van der Waals surface area (Å²) in [7, 11) is 0.771. The number of methoxy groups -OCH3 is 1. The Labute approximate surface area is 251 Å². The summed E-state index contributed by atoms with van der Waals surface area (Å²) in [6.45, 7) is 0. The molecule has 43 heavy (non-hydrogen) atoms. The van der Waals surface area contributed by atoms with Crippen LogP contribution in [0.2, 0.25) is 0 Å². The Bertz CT molecular complexity index is 2100. The lowest BCUT2D eigenvalue weighted by atomic mass is 9.98. The van der Waals surface area contributed by atoms with Crippen LogP contribution in [0.1, 0.15) is 10.4 Å². The molecule has 6 rings (SSSR count). The quantitative estimate of drug-likeness (QED) is 0.209. The van der Waals surface area contributed by atoms with Gasteiger partial charge in [0.25, 0.3) is 5.91 Å². The highest BCUT2D eigenvalue weighted by molar-refractivity contribution is 7.92. The number of benzene rings is 3. The molecule has 3 aromatic carbocycles. The van der Waals surface area contributed by atoms with Crippen molar-refractivity contribution in [1.82, 2.24) is 10.3 Å². The number of ether oxygens (including phenoxy) is 1. The molecule has 0 aliphatic heterocycles. The van der Waals surface area contributed by atoms with Crippen molar-refractivity contribution in [3.63, 3.8) is 0 Å². The Morgan fingerprint density at radius 3 is 2.44 bits per heavy atom. The van der Waals surface area contributed by atoms with Crippen LogP contribution < -0.4 is 14.4 Å². The van der Waals surface area contributed by atoms with Gasteiger partial charge in [-0.3, -0.25) is 9.10 Å². The maximum atomic E-state index is 13.7. The summed E-state index contributed by atoms with van der Waals surface area (Å²) >= 11 is 1.58. The minimum absolute atomic E-state index is 0.234. The third kappa shape index (κ3) is 5.21. The minimum atomic E-state index is -3.71. The highest BCUT2D eigenvalue weighted by Gasteiger charge is 2.26. The lowest BCUT2D eigenvalue weighted by molar-refractivity contribution is 0.0964. The van der Waals surface area contributed by atoms with Gasteiger partial charge in [0.05, 0.1) is 35.2 Å². The zero-order valence-corrected chi connectivity index (χ0v) is 25.3. The van der Waals surface area contributed by atoms with Crippen LogP contribution in [0.3, 0.4) is 0 Å². The number of fused-ring (bicyclic) bond motifs is 2. The van der Waals surface area contributed by atoms with Crippen LogP contribution in [0.4, 0.5) is 10.1 Å². The number of rotatable bonds is 7. The van der Waals surface area contributed by atoms with E-state index in [2.05, 4.69) is 10.3 Å². The van der Waals surface area contributed by atoms with Gasteiger partial charge in [-0.05, 0) is 59.5 Å². The normalized spacial score (nSPS) is 11.7. The summed E-state index contributed by atoms with van der Waals surface area (Å²) in [6, 6.07) is 22.6. The van der Waals surface area contributed by atoms with Crippen LogP contribution in [0, 0.1) is 5.82 Å². The highest BCUT2D eigenvalue weighted by Crippen LogP contribution is 2.43. The van der Waals surface area contributed by atoms with Crippen molar-refractivity contribution in [2.24, 2.45) is 0 Å². The molecule has 0 saturated heterocycles. The summed E-state index contributed by atoms with van der Waals surface area (Å²) in [5, 5.41) is 4.19. The summed E-state index contributed by atoms with van der Waals surface area (Å²) in [6.07, 6.45) is 1.11. The predicted octanol–water partition coefficient (Wildman–Crippen LogP) is 6.95. The van der Waals surface area contributed by atoms with E-state index in [-0.39, 0.29) is 16.9 Å². The van der Waals surface area contributed by atoms with Crippen molar-refractivity contribution in [2.75, 3.05) is 31.8 Å². The van der Waals surface area contributed by atoms with E-state index in [4.69, 9.17) is 9.15 Å². The number of sulfonamides is 1. The molecule has 3 aromatic heterocycles. The molecule has 0 aliphatic carbocycles. The molecule has 3 heterocycles. The first-order chi connectivity index (χ1) is 20.6. The Morgan fingerprint density at radius 1 is 1.02 bits per heavy atom. The molecule has 218 valence electrons. The number of thiophene rings is 1. The van der Waals surface area contributed by atoms with Crippen molar-refractivity contribution in [1.29, 1.82) is 0 Å². The Morgan fingerprint density at radius 2 is 1.77 bits per heavy atom. The van der Waals surface area contributed by atoms with Crippen molar-refractivity contribution in [3.05, 3.63) is 90.2 Å². The SMILES string of the molecule is CNC(=O)c1c(-c2ccc(F)cc2)oc2cc(N(C)S(C)(=O)=O)c(-c3cc(OC)nc(-c4cc5ccccc5s4)c3)cc12. The second-order valence-corrected chi connectivity index (χ2v) is 13.0. The monoisotopic (exact) mass is 615 g/mol. The van der Waals surface area contributed by atoms with E-state index in [9.17, 15) is 17.6 Å². The van der Waals surface area contributed by atoms with E-state index in [1.807, 2.05) is 36.4 Å². The maximum absolute atomic E-state index is 13.7. The predicted molar refractivity (Wildman–Crippen MR) is 169 cm³/mol. The number of amides is 1. The van der Waals surface area contributed by atoms with Gasteiger partial charge in [0.15, 0.2) is 0 Å². The Balaban J connectivity index is 1.64. The number of carbonyl (C=O) groups excluding carboxylic acids is 1. The maximum Gasteiger partial charge on any atom is 0.255 e. The highest BCUT2D eigenvalue weighted by atomic mass is 32.2. The van der Waals surface area contributed by atoms with Crippen molar-refractivity contribution >= 4 is 54.0 Å². The van der Waals surface area contributed by atoms with E-state index in [1.54, 1.807) is 29.5 Å². The molecule has 0 unspecified atom stereocenters. The fourth-order valence-electron chi connectivity index (χ4n) is 4.96. The molecular weight excluding hydrogens is 590 g/mol. The zero-order chi connectivity index (χ0) is 30.5. The molecule has 0 atom stereocenters. The number of carbonyl (C=O) groups is 1. The minimum Gasteiger partial charge on any atom is -0.481 e. The standard InChI is InChI=1S/C32H26FN3O5S2/c1-34-32(37)30-23-16-22(20-13-24(35-29(15-20)40-3)28-14-19-7-5-6-8-27(19)42-28)25(36(2)43(4,38)39)17-26(23)41-31(30)18-9-11-21(33)12-10-18/h5-17H,1-4H3,(H,34,37). The van der Waals surface area contributed by atoms with Gasteiger partial charge in [0.1, 0.15) is 17.2 Å². The fraction of sp³-hybridized carbons (Fsp3) is 0.125. The number of hydrogen-bond acceptors (Lipinski definition) is 7. The second kappa shape index (κ2) is 10.8. The van der Waals surface area contributed by atoms with Crippen LogP contribution in [0.5, 0.6) is 5.88 Å². The molecule has 0 bridgehead atoms. The molecule has 0 spiro atoms. The van der Waals surface area contributed by atoms with Crippen LogP contribution in [-0.4, -0.2) is 46.8 Å². The number of aromatic nitrogens is 1. The van der Waals surface area contributed by atoms with Crippen molar-refractivity contribution < 1.29 is 26.8 Å². The van der Waals surface area contributed by atoms with Gasteiger partial charge < -0.3 is 14.5 Å². The first-order valence-electron chi connectivity index (χ1n) is 13.1. The van der Waals surface area contributed by atoms with E-state index in [0.29, 0.717) is 39.3 Å². The van der Waals surface area contributed by atoms with E-state index in [1.165, 1.54) is 45.5 Å². The molecule has 0 saturated carbocycles. The molecule has 0 radical (unpaired) electrons. The van der Waals surface area contributed by atoms with E-state index < -0.39 is 21.7 Å². The molecule has 0 aliphatic rings. The molecular formula is C32H26FN3O5S2. The lowest BCUT2D eigenvalue weighted by Crippen LogP contribution is -2.25. The lowest BCUT2D eigenvalue weighted by Gasteiger charge is -2.21. The number of halogens is 1. The Hall–Kier alpha value is -4.74. The van der Waals surface area contributed by atoms with Gasteiger partial charge in [-0.2, -0.15) is 0 Å². The summed E-state index contributed by atoms with van der Waals surface area (Å²) in [4.78, 5) is 18.8. The van der Waals surface area contributed by atoms with E-state index >= 15 is 0 Å². The number of nitrogens with one attached hydrogen (secondary N) is 1. The summed E-state index contributed by atoms with van der Waals surface area (Å²) in [5.74, 6) is -0.269. The van der Waals surface area contributed by atoms with Crippen LogP contribution >= 0.6 is 11.3 Å². The Kier molecular flexibility index (Phi) is 7.15.